The van der Waals surface area contributed by atoms with Crippen LogP contribution < -0.4 is 5.32 Å². The number of aromatic nitrogens is 1. The topological polar surface area (TPSA) is 34.1 Å². The Labute approximate surface area is 126 Å². The van der Waals surface area contributed by atoms with E-state index in [1.54, 1.807) is 7.11 Å². The predicted octanol–water partition coefficient (Wildman–Crippen LogP) is 3.69. The summed E-state index contributed by atoms with van der Waals surface area (Å²) in [5.41, 5.74) is 1.16. The molecule has 1 aromatic rings. The standard InChI is InChI=1S/C16H26N2OS/c1-10(2)17-8-15-14(9-19-3)18-16(20-15)13-7-11-4-5-12(13)6-11/h10-13,17H,4-9H2,1-3H3. The Morgan fingerprint density at radius 2 is 2.20 bits per heavy atom. The van der Waals surface area contributed by atoms with E-state index in [4.69, 9.17) is 9.72 Å². The Kier molecular flexibility index (Phi) is 4.43. The van der Waals surface area contributed by atoms with Gasteiger partial charge in [0, 0.05) is 30.5 Å². The summed E-state index contributed by atoms with van der Waals surface area (Å²) in [6.07, 6.45) is 5.71. The van der Waals surface area contributed by atoms with Crippen LogP contribution >= 0.6 is 11.3 Å². The number of hydrogen-bond donors (Lipinski definition) is 1. The summed E-state index contributed by atoms with van der Waals surface area (Å²) >= 11 is 1.92. The highest BCUT2D eigenvalue weighted by Crippen LogP contribution is 2.53. The van der Waals surface area contributed by atoms with E-state index in [-0.39, 0.29) is 0 Å². The molecule has 0 radical (unpaired) electrons. The Balaban J connectivity index is 1.76. The number of hydrogen-bond acceptors (Lipinski definition) is 4. The molecule has 0 saturated heterocycles. The first kappa shape index (κ1) is 14.5. The van der Waals surface area contributed by atoms with Gasteiger partial charge < -0.3 is 10.1 Å². The lowest BCUT2D eigenvalue weighted by molar-refractivity contribution is 0.181. The Morgan fingerprint density at radius 1 is 1.35 bits per heavy atom. The molecular weight excluding hydrogens is 268 g/mol. The molecule has 2 bridgehead atoms. The van der Waals surface area contributed by atoms with E-state index in [0.29, 0.717) is 12.6 Å². The van der Waals surface area contributed by atoms with Gasteiger partial charge in [0.1, 0.15) is 0 Å². The highest BCUT2D eigenvalue weighted by Gasteiger charge is 2.41. The zero-order valence-electron chi connectivity index (χ0n) is 12.8. The highest BCUT2D eigenvalue weighted by molar-refractivity contribution is 7.11. The van der Waals surface area contributed by atoms with Crippen molar-refractivity contribution in [2.24, 2.45) is 11.8 Å². The second-order valence-electron chi connectivity index (χ2n) is 6.67. The van der Waals surface area contributed by atoms with Gasteiger partial charge in [0.25, 0.3) is 0 Å². The summed E-state index contributed by atoms with van der Waals surface area (Å²) in [5.74, 6) is 2.63. The first-order chi connectivity index (χ1) is 9.67. The molecule has 0 spiro atoms. The van der Waals surface area contributed by atoms with Gasteiger partial charge in [-0.15, -0.1) is 11.3 Å². The molecule has 0 amide bonds. The van der Waals surface area contributed by atoms with Crippen molar-refractivity contribution in [3.05, 3.63) is 15.6 Å². The fourth-order valence-corrected chi connectivity index (χ4v) is 5.02. The summed E-state index contributed by atoms with van der Waals surface area (Å²) in [6, 6.07) is 0.512. The number of rotatable bonds is 6. The average molecular weight is 294 g/mol. The maximum Gasteiger partial charge on any atom is 0.0966 e. The molecule has 20 heavy (non-hydrogen) atoms. The van der Waals surface area contributed by atoms with E-state index in [9.17, 15) is 0 Å². The summed E-state index contributed by atoms with van der Waals surface area (Å²) in [6.45, 7) is 5.95. The molecule has 0 aromatic carbocycles. The summed E-state index contributed by atoms with van der Waals surface area (Å²) in [7, 11) is 1.76. The smallest absolute Gasteiger partial charge is 0.0966 e. The quantitative estimate of drug-likeness (QED) is 0.869. The number of nitrogens with one attached hydrogen (secondary N) is 1. The van der Waals surface area contributed by atoms with Crippen LogP contribution in [-0.4, -0.2) is 18.1 Å². The van der Waals surface area contributed by atoms with Crippen molar-refractivity contribution < 1.29 is 4.74 Å². The van der Waals surface area contributed by atoms with E-state index < -0.39 is 0 Å². The van der Waals surface area contributed by atoms with Crippen LogP contribution in [0.25, 0.3) is 0 Å². The van der Waals surface area contributed by atoms with Crippen molar-refractivity contribution in [1.82, 2.24) is 10.3 Å². The van der Waals surface area contributed by atoms with Gasteiger partial charge in [-0.1, -0.05) is 20.3 Å². The molecule has 1 N–H and O–H groups in total. The SMILES string of the molecule is COCc1nc(C2CC3CCC2C3)sc1CNC(C)C. The molecule has 3 rings (SSSR count). The van der Waals surface area contributed by atoms with Crippen molar-refractivity contribution >= 4 is 11.3 Å². The second kappa shape index (κ2) is 6.12. The summed E-state index contributed by atoms with van der Waals surface area (Å²) in [5, 5.41) is 4.89. The first-order valence-corrected chi connectivity index (χ1v) is 8.69. The maximum atomic E-state index is 5.33. The lowest BCUT2D eigenvalue weighted by Crippen LogP contribution is -2.21. The Hall–Kier alpha value is -0.450. The monoisotopic (exact) mass is 294 g/mol. The van der Waals surface area contributed by atoms with Crippen molar-refractivity contribution in [1.29, 1.82) is 0 Å². The van der Waals surface area contributed by atoms with E-state index >= 15 is 0 Å². The molecule has 3 atom stereocenters. The van der Waals surface area contributed by atoms with E-state index in [2.05, 4.69) is 19.2 Å². The molecule has 3 unspecified atom stereocenters. The Morgan fingerprint density at radius 3 is 2.80 bits per heavy atom. The second-order valence-corrected chi connectivity index (χ2v) is 7.79. The maximum absolute atomic E-state index is 5.33. The van der Waals surface area contributed by atoms with Crippen LogP contribution in [0.1, 0.15) is 61.0 Å². The van der Waals surface area contributed by atoms with Crippen LogP contribution in [0.2, 0.25) is 0 Å². The van der Waals surface area contributed by atoms with Crippen LogP contribution in [0, 0.1) is 11.8 Å². The molecule has 0 aliphatic heterocycles. The minimum Gasteiger partial charge on any atom is -0.378 e. The van der Waals surface area contributed by atoms with Gasteiger partial charge in [0.2, 0.25) is 0 Å². The van der Waals surface area contributed by atoms with Gasteiger partial charge in [0.05, 0.1) is 17.3 Å². The molecule has 3 nitrogen and oxygen atoms in total. The number of nitrogens with zero attached hydrogens (tertiary/aromatic N) is 1. The van der Waals surface area contributed by atoms with Crippen LogP contribution in [0.5, 0.6) is 0 Å². The number of methoxy groups -OCH3 is 1. The minimum atomic E-state index is 0.512. The molecular formula is C16H26N2OS. The minimum absolute atomic E-state index is 0.512. The van der Waals surface area contributed by atoms with Gasteiger partial charge in [-0.2, -0.15) is 0 Å². The Bertz CT molecular complexity index is 457. The zero-order chi connectivity index (χ0) is 14.1. The lowest BCUT2D eigenvalue weighted by Gasteiger charge is -2.18. The first-order valence-electron chi connectivity index (χ1n) is 7.88. The molecule has 2 aliphatic rings. The van der Waals surface area contributed by atoms with Crippen molar-refractivity contribution in [3.8, 4) is 0 Å². The third kappa shape index (κ3) is 2.92. The molecule has 2 saturated carbocycles. The number of fused-ring (bicyclic) bond motifs is 2. The van der Waals surface area contributed by atoms with E-state index in [0.717, 1.165) is 30.0 Å². The normalized spacial score (nSPS) is 28.7. The van der Waals surface area contributed by atoms with Crippen LogP contribution in [0.3, 0.4) is 0 Å². The van der Waals surface area contributed by atoms with Gasteiger partial charge in [-0.3, -0.25) is 0 Å². The lowest BCUT2D eigenvalue weighted by atomic mass is 9.89. The van der Waals surface area contributed by atoms with Gasteiger partial charge in [-0.25, -0.2) is 4.98 Å². The number of thiazole rings is 1. The molecule has 2 fully saturated rings. The summed E-state index contributed by atoms with van der Waals surface area (Å²) in [4.78, 5) is 6.31. The molecule has 112 valence electrons. The van der Waals surface area contributed by atoms with Gasteiger partial charge in [0.15, 0.2) is 0 Å². The van der Waals surface area contributed by atoms with Crippen molar-refractivity contribution in [3.63, 3.8) is 0 Å². The van der Waals surface area contributed by atoms with Crippen molar-refractivity contribution in [2.75, 3.05) is 7.11 Å². The van der Waals surface area contributed by atoms with Crippen LogP contribution in [0.15, 0.2) is 0 Å². The fourth-order valence-electron chi connectivity index (χ4n) is 3.79. The largest absolute Gasteiger partial charge is 0.378 e. The van der Waals surface area contributed by atoms with E-state index in [1.165, 1.54) is 35.6 Å². The molecule has 1 heterocycles. The van der Waals surface area contributed by atoms with Gasteiger partial charge in [-0.05, 0) is 31.1 Å². The summed E-state index contributed by atoms with van der Waals surface area (Å²) < 4.78 is 5.33. The van der Waals surface area contributed by atoms with Crippen molar-refractivity contribution in [2.45, 2.75) is 64.6 Å². The third-order valence-corrected chi connectivity index (χ3v) is 6.03. The third-order valence-electron chi connectivity index (χ3n) is 4.80. The molecule has 4 heteroatoms. The zero-order valence-corrected chi connectivity index (χ0v) is 13.6. The average Bonchev–Trinajstić information content (AvgIpc) is 3.11. The predicted molar refractivity (Wildman–Crippen MR) is 83.0 cm³/mol. The van der Waals surface area contributed by atoms with Crippen LogP contribution in [-0.2, 0) is 17.9 Å². The van der Waals surface area contributed by atoms with Crippen LogP contribution in [0.4, 0.5) is 0 Å². The van der Waals surface area contributed by atoms with E-state index in [1.807, 2.05) is 11.3 Å². The van der Waals surface area contributed by atoms with Gasteiger partial charge >= 0.3 is 0 Å². The fraction of sp³-hybridized carbons (Fsp3) is 0.812. The molecule has 2 aliphatic carbocycles. The number of ether oxygens (including phenoxy) is 1. The molecule has 1 aromatic heterocycles. The highest BCUT2D eigenvalue weighted by atomic mass is 32.1.